The number of rotatable bonds is 8. The number of nitrogen functional groups attached to an aromatic ring is 1. The lowest BCUT2D eigenvalue weighted by Gasteiger charge is -2.50. The number of amides is 3. The number of nitrogens with zero attached hydrogens (tertiary/aromatic N) is 7. The predicted molar refractivity (Wildman–Crippen MR) is 136 cm³/mol. The van der Waals surface area contributed by atoms with Crippen LogP contribution in [0.5, 0.6) is 0 Å². The molecule has 5 rings (SSSR count). The van der Waals surface area contributed by atoms with Crippen molar-refractivity contribution in [1.82, 2.24) is 28.9 Å². The number of β-lactam (4-membered cyclic amide) rings is 1. The third-order valence-corrected chi connectivity index (χ3v) is 9.16. The van der Waals surface area contributed by atoms with Crippen LogP contribution >= 0.6 is 46.6 Å². The van der Waals surface area contributed by atoms with E-state index in [1.54, 1.807) is 17.0 Å². The molecular weight excluding hydrogens is 593 g/mol. The van der Waals surface area contributed by atoms with E-state index in [-0.39, 0.29) is 28.4 Å². The Kier molecular flexibility index (Phi) is 7.16. The third-order valence-electron chi connectivity index (χ3n) is 5.33. The normalized spacial score (nSPS) is 18.9. The van der Waals surface area contributed by atoms with Gasteiger partial charge in [0.2, 0.25) is 17.4 Å². The van der Waals surface area contributed by atoms with Crippen molar-refractivity contribution in [2.75, 3.05) is 11.5 Å². The topological polar surface area (TPSA) is 247 Å². The van der Waals surface area contributed by atoms with Crippen molar-refractivity contribution in [3.05, 3.63) is 46.5 Å². The Morgan fingerprint density at radius 1 is 1.23 bits per heavy atom. The maximum absolute atomic E-state index is 12.9. The second-order valence-corrected chi connectivity index (χ2v) is 11.6. The van der Waals surface area contributed by atoms with Crippen molar-refractivity contribution in [1.29, 1.82) is 0 Å². The van der Waals surface area contributed by atoms with Gasteiger partial charge in [0.05, 0.1) is 24.1 Å². The highest BCUT2D eigenvalue weighted by Gasteiger charge is 2.53. The number of nitrogens with one attached hydrogen (secondary N) is 1. The van der Waals surface area contributed by atoms with Crippen LogP contribution in [0.2, 0.25) is 0 Å². The van der Waals surface area contributed by atoms with E-state index in [1.807, 2.05) is 0 Å². The van der Waals surface area contributed by atoms with E-state index in [1.165, 1.54) is 23.9 Å². The Balaban J connectivity index is 1.31. The minimum absolute atomic E-state index is 0.0450. The molecule has 0 radical (unpaired) electrons. The van der Waals surface area contributed by atoms with Crippen molar-refractivity contribution < 1.29 is 34.1 Å². The Morgan fingerprint density at radius 3 is 2.59 bits per heavy atom. The van der Waals surface area contributed by atoms with Gasteiger partial charge in [-0.2, -0.15) is 9.36 Å². The summed E-state index contributed by atoms with van der Waals surface area (Å²) in [5.74, 6) is -3.53. The van der Waals surface area contributed by atoms with Gasteiger partial charge in [-0.15, -0.1) is 11.8 Å². The zero-order valence-electron chi connectivity index (χ0n) is 19.1. The average Bonchev–Trinajstić information content (AvgIpc) is 3.56. The molecule has 1 saturated heterocycles. The number of aromatic nitrogens is 5. The number of aliphatic carboxylic acids is 1. The smallest absolute Gasteiger partial charge is 0.451 e. The minimum atomic E-state index is -1.57. The maximum Gasteiger partial charge on any atom is 0.451 e. The number of carbonyl (C=O) groups is 4. The van der Waals surface area contributed by atoms with Crippen LogP contribution in [0.25, 0.3) is 5.95 Å². The van der Waals surface area contributed by atoms with E-state index in [9.17, 15) is 29.5 Å². The van der Waals surface area contributed by atoms with Gasteiger partial charge in [-0.25, -0.2) is 4.57 Å². The lowest BCUT2D eigenvalue weighted by Crippen LogP contribution is -2.71. The number of hydrogen-bond donors (Lipinski definition) is 4. The first-order chi connectivity index (χ1) is 18.7. The number of primary amides is 1. The Hall–Kier alpha value is -4.14. The number of anilines is 1. The van der Waals surface area contributed by atoms with E-state index in [0.29, 0.717) is 14.8 Å². The Morgan fingerprint density at radius 2 is 1.97 bits per heavy atom. The van der Waals surface area contributed by atoms with Gasteiger partial charge in [-0.1, -0.05) is 5.16 Å². The first-order valence-electron chi connectivity index (χ1n) is 10.5. The highest BCUT2D eigenvalue weighted by atomic mass is 32.2. The number of hydrogen-bond acceptors (Lipinski definition) is 16. The van der Waals surface area contributed by atoms with Crippen molar-refractivity contribution in [2.45, 2.75) is 15.8 Å². The molecule has 3 aromatic rings. The van der Waals surface area contributed by atoms with Crippen LogP contribution in [0.1, 0.15) is 16.2 Å². The van der Waals surface area contributed by atoms with Crippen LogP contribution in [0, 0.1) is 0 Å². The molecule has 3 aromatic heterocycles. The summed E-state index contributed by atoms with van der Waals surface area (Å²) < 4.78 is 10.0. The summed E-state index contributed by atoms with van der Waals surface area (Å²) in [5.41, 5.74) is 10.2. The molecule has 2 aliphatic heterocycles. The number of pyridine rings is 1. The van der Waals surface area contributed by atoms with Gasteiger partial charge in [0.15, 0.2) is 5.13 Å². The fourth-order valence-corrected chi connectivity index (χ4v) is 7.23. The standard InChI is InChI=1S/C19H14N10O6S4/c20-11(30)6-1-3-28(4-2-6)18-24-19(39-27-18)37-7-5-36-15-9(14(32)29(15)10(7)16(33)34)22-13(31)8(25-35)12-23-17(21)38-26-12/h1-4,9,15H,5H2,(H6-,20,21,22,23,26,30,31,33,34,35)/t9-,15?/m1/s1. The summed E-state index contributed by atoms with van der Waals surface area (Å²) in [7, 11) is 0. The predicted octanol–water partition coefficient (Wildman–Crippen LogP) is -2.32. The monoisotopic (exact) mass is 606 g/mol. The molecule has 20 heteroatoms. The lowest BCUT2D eigenvalue weighted by atomic mass is 10.0. The highest BCUT2D eigenvalue weighted by molar-refractivity contribution is 8.07. The van der Waals surface area contributed by atoms with Gasteiger partial charge in [0.1, 0.15) is 22.9 Å². The van der Waals surface area contributed by atoms with Crippen LogP contribution in [0.3, 0.4) is 0 Å². The van der Waals surface area contributed by atoms with E-state index < -0.39 is 40.8 Å². The van der Waals surface area contributed by atoms with Gasteiger partial charge in [-0.3, -0.25) is 19.3 Å². The van der Waals surface area contributed by atoms with Crippen molar-refractivity contribution >= 4 is 81.1 Å². The number of thioether (sulfide) groups is 2. The average molecular weight is 607 g/mol. The van der Waals surface area contributed by atoms with Crippen LogP contribution in [0.4, 0.5) is 5.13 Å². The van der Waals surface area contributed by atoms with Crippen molar-refractivity contribution in [3.8, 4) is 5.95 Å². The zero-order chi connectivity index (χ0) is 27.8. The largest absolute Gasteiger partial charge is 0.543 e. The maximum atomic E-state index is 12.9. The quantitative estimate of drug-likeness (QED) is 0.0692. The number of nitrogens with two attached hydrogens (primary N) is 2. The molecule has 3 amide bonds. The van der Waals surface area contributed by atoms with E-state index in [2.05, 4.69) is 29.2 Å². The molecule has 0 spiro atoms. The summed E-state index contributed by atoms with van der Waals surface area (Å²) >= 11 is 4.04. The second kappa shape index (κ2) is 10.6. The Labute approximate surface area is 234 Å². The lowest BCUT2D eigenvalue weighted by molar-refractivity contribution is -0.603. The van der Waals surface area contributed by atoms with E-state index >= 15 is 0 Å². The van der Waals surface area contributed by atoms with Crippen molar-refractivity contribution in [3.63, 3.8) is 0 Å². The summed E-state index contributed by atoms with van der Waals surface area (Å²) in [4.78, 5) is 58.3. The number of carbonyl (C=O) groups excluding carboxylic acids is 4. The fraction of sp³-hybridized carbons (Fsp3) is 0.158. The van der Waals surface area contributed by atoms with Gasteiger partial charge in [-0.05, 0) is 28.9 Å². The van der Waals surface area contributed by atoms with Crippen LogP contribution < -0.4 is 26.5 Å². The van der Waals surface area contributed by atoms with Gasteiger partial charge >= 0.3 is 5.95 Å². The molecule has 0 bridgehead atoms. The van der Waals surface area contributed by atoms with Crippen LogP contribution in [0.15, 0.2) is 44.6 Å². The van der Waals surface area contributed by atoms with E-state index in [4.69, 9.17) is 11.5 Å². The molecule has 1 fully saturated rings. The van der Waals surface area contributed by atoms with Gasteiger partial charge < -0.3 is 31.9 Å². The summed E-state index contributed by atoms with van der Waals surface area (Å²) in [6, 6.07) is 1.92. The van der Waals surface area contributed by atoms with Crippen LogP contribution in [-0.2, 0) is 14.4 Å². The molecule has 6 N–H and O–H groups in total. The van der Waals surface area contributed by atoms with E-state index in [0.717, 1.165) is 39.7 Å². The molecule has 0 aliphatic carbocycles. The van der Waals surface area contributed by atoms with Gasteiger partial charge in [0.25, 0.3) is 16.2 Å². The highest BCUT2D eigenvalue weighted by Crippen LogP contribution is 2.45. The molecule has 2 aliphatic rings. The zero-order valence-corrected chi connectivity index (χ0v) is 22.3. The number of oxime groups is 1. The minimum Gasteiger partial charge on any atom is -0.543 e. The summed E-state index contributed by atoms with van der Waals surface area (Å²) in [6.45, 7) is 0. The molecule has 200 valence electrons. The molecule has 0 aromatic carbocycles. The Bertz CT molecular complexity index is 1570. The second-order valence-electron chi connectivity index (χ2n) is 7.65. The van der Waals surface area contributed by atoms with Crippen molar-refractivity contribution in [2.24, 2.45) is 10.9 Å². The summed E-state index contributed by atoms with van der Waals surface area (Å²) in [6.07, 6.45) is 3.12. The first-order valence-corrected chi connectivity index (χ1v) is 13.9. The van der Waals surface area contributed by atoms with Crippen LogP contribution in [-0.4, -0.2) is 75.4 Å². The molecule has 39 heavy (non-hydrogen) atoms. The molecule has 16 nitrogen and oxygen atoms in total. The molecule has 5 heterocycles. The summed E-state index contributed by atoms with van der Waals surface area (Å²) in [5, 5.41) is 25.9. The molecule has 2 atom stereocenters. The van der Waals surface area contributed by atoms with Gasteiger partial charge in [0, 0.05) is 32.1 Å². The third kappa shape index (κ3) is 5.01. The molecule has 1 unspecified atom stereocenters. The first kappa shape index (κ1) is 26.5. The fourth-order valence-electron chi connectivity index (χ4n) is 3.57. The number of carboxylic acids is 1. The molecular formula is C19H14N10O6S4. The SMILES string of the molecule is NC(=O)c1cc[n+](-c2nsc(SC3=C(C(=O)[O-])N4C(=O)[C@@H](NC(=O)/C(=N/O)c5nsc(N)n5)C4SC3)n2)cc1. The molecule has 0 saturated carbocycles. The number of carboxylic acid groups (broad SMARTS) is 1. The number of fused-ring (bicyclic) bond motifs is 1.